The topological polar surface area (TPSA) is 57.0 Å². The molecule has 0 bridgehead atoms. The van der Waals surface area contributed by atoms with Crippen molar-refractivity contribution in [3.8, 4) is 11.5 Å². The maximum Gasteiger partial charge on any atom is 0.302 e. The van der Waals surface area contributed by atoms with Crippen LogP contribution < -0.4 is 0 Å². The Hall–Kier alpha value is -2.40. The number of esters is 1. The maximum atomic E-state index is 11.2. The number of carbonyl (C=O) groups is 1. The molecule has 0 aliphatic rings. The molecule has 2 heterocycles. The second-order valence-electron chi connectivity index (χ2n) is 7.35. The van der Waals surface area contributed by atoms with Crippen molar-refractivity contribution in [2.45, 2.75) is 39.7 Å². The van der Waals surface area contributed by atoms with E-state index >= 15 is 0 Å². The van der Waals surface area contributed by atoms with Crippen LogP contribution in [0.3, 0.4) is 0 Å². The number of aromatic nitrogens is 3. The molecule has 6 heteroatoms. The van der Waals surface area contributed by atoms with Gasteiger partial charge in [0.25, 0.3) is 0 Å². The lowest BCUT2D eigenvalue weighted by atomic mass is 9.87. The largest absolute Gasteiger partial charge is 0.461 e. The summed E-state index contributed by atoms with van der Waals surface area (Å²) in [6.45, 7) is 7.95. The summed E-state index contributed by atoms with van der Waals surface area (Å²) in [5.41, 5.74) is 4.44. The van der Waals surface area contributed by atoms with E-state index in [2.05, 4.69) is 44.0 Å². The summed E-state index contributed by atoms with van der Waals surface area (Å²) < 4.78 is 7.13. The Kier molecular flexibility index (Phi) is 4.76. The summed E-state index contributed by atoms with van der Waals surface area (Å²) in [5.74, 6) is 0.325. The molecule has 0 amide bonds. The number of hydrogen-bond acceptors (Lipinski definition) is 4. The number of fused-ring (bicyclic) bond motifs is 1. The molecular formula is C20H22ClN3O2. The van der Waals surface area contributed by atoms with E-state index in [1.54, 1.807) is 12.3 Å². The van der Waals surface area contributed by atoms with Gasteiger partial charge in [-0.25, -0.2) is 4.98 Å². The zero-order chi connectivity index (χ0) is 19.1. The highest BCUT2D eigenvalue weighted by Crippen LogP contribution is 2.31. The van der Waals surface area contributed by atoms with Crippen LogP contribution in [0.15, 0.2) is 30.5 Å². The number of halogens is 1. The molecule has 0 saturated carbocycles. The van der Waals surface area contributed by atoms with Crippen LogP contribution in [-0.2, 0) is 28.6 Å². The monoisotopic (exact) mass is 371 g/mol. The fourth-order valence-electron chi connectivity index (χ4n) is 2.85. The number of benzene rings is 1. The number of carbonyl (C=O) groups excluding carboxylic acids is 1. The first kappa shape index (κ1) is 18.4. The van der Waals surface area contributed by atoms with Crippen molar-refractivity contribution in [2.75, 3.05) is 0 Å². The molecule has 0 aliphatic carbocycles. The van der Waals surface area contributed by atoms with Gasteiger partial charge in [-0.05, 0) is 29.2 Å². The summed E-state index contributed by atoms with van der Waals surface area (Å²) in [7, 11) is 1.94. The summed E-state index contributed by atoms with van der Waals surface area (Å²) in [6.07, 6.45) is 1.63. The molecule has 2 aromatic heterocycles. The lowest BCUT2D eigenvalue weighted by Gasteiger charge is -2.18. The first-order valence-corrected chi connectivity index (χ1v) is 8.80. The number of nitrogens with zero attached hydrogens (tertiary/aromatic N) is 3. The highest BCUT2D eigenvalue weighted by Gasteiger charge is 2.20. The fraction of sp³-hybridized carbons (Fsp3) is 0.350. The SMILES string of the molecule is CC(=O)OCc1c(Cl)ccnc1-c1nc2cc(C(C)(C)C)ccc2n1C. The van der Waals surface area contributed by atoms with Crippen molar-refractivity contribution in [1.29, 1.82) is 0 Å². The lowest BCUT2D eigenvalue weighted by Crippen LogP contribution is -2.10. The summed E-state index contributed by atoms with van der Waals surface area (Å²) in [4.78, 5) is 20.5. The van der Waals surface area contributed by atoms with Crippen LogP contribution in [-0.4, -0.2) is 20.5 Å². The van der Waals surface area contributed by atoms with E-state index in [9.17, 15) is 4.79 Å². The minimum absolute atomic E-state index is 0.0423. The van der Waals surface area contributed by atoms with Gasteiger partial charge in [-0.15, -0.1) is 0 Å². The molecule has 5 nitrogen and oxygen atoms in total. The Morgan fingerprint density at radius 1 is 1.27 bits per heavy atom. The van der Waals surface area contributed by atoms with Crippen LogP contribution in [0.1, 0.15) is 38.8 Å². The van der Waals surface area contributed by atoms with E-state index in [1.807, 2.05) is 11.6 Å². The molecule has 0 radical (unpaired) electrons. The number of rotatable bonds is 3. The van der Waals surface area contributed by atoms with Gasteiger partial charge >= 0.3 is 5.97 Å². The second kappa shape index (κ2) is 6.72. The average molecular weight is 372 g/mol. The number of pyridine rings is 1. The quantitative estimate of drug-likeness (QED) is 0.629. The molecule has 3 aromatic rings. The molecule has 0 unspecified atom stereocenters. The van der Waals surface area contributed by atoms with E-state index in [0.717, 1.165) is 11.0 Å². The molecule has 0 fully saturated rings. The Morgan fingerprint density at radius 3 is 2.65 bits per heavy atom. The number of aryl methyl sites for hydroxylation is 1. The van der Waals surface area contributed by atoms with Crippen molar-refractivity contribution in [2.24, 2.45) is 7.05 Å². The van der Waals surface area contributed by atoms with E-state index in [0.29, 0.717) is 22.1 Å². The molecule has 1 aromatic carbocycles. The highest BCUT2D eigenvalue weighted by molar-refractivity contribution is 6.31. The summed E-state index contributed by atoms with van der Waals surface area (Å²) in [5, 5.41) is 0.499. The number of hydrogen-bond donors (Lipinski definition) is 0. The smallest absolute Gasteiger partial charge is 0.302 e. The van der Waals surface area contributed by atoms with Crippen LogP contribution in [0, 0.1) is 0 Å². The maximum absolute atomic E-state index is 11.2. The van der Waals surface area contributed by atoms with Crippen molar-refractivity contribution < 1.29 is 9.53 Å². The van der Waals surface area contributed by atoms with Crippen molar-refractivity contribution in [3.05, 3.63) is 46.6 Å². The Balaban J connectivity index is 2.15. The van der Waals surface area contributed by atoms with E-state index in [-0.39, 0.29) is 18.0 Å². The van der Waals surface area contributed by atoms with E-state index < -0.39 is 0 Å². The minimum Gasteiger partial charge on any atom is -0.461 e. The molecule has 0 spiro atoms. The third kappa shape index (κ3) is 3.44. The van der Waals surface area contributed by atoms with Gasteiger partial charge < -0.3 is 9.30 Å². The van der Waals surface area contributed by atoms with Crippen molar-refractivity contribution in [1.82, 2.24) is 14.5 Å². The van der Waals surface area contributed by atoms with Crippen LogP contribution in [0.5, 0.6) is 0 Å². The Bertz CT molecular complexity index is 987. The zero-order valence-electron chi connectivity index (χ0n) is 15.6. The normalized spacial score (nSPS) is 11.8. The van der Waals surface area contributed by atoms with Gasteiger partial charge in [-0.3, -0.25) is 9.78 Å². The first-order valence-electron chi connectivity index (χ1n) is 8.42. The van der Waals surface area contributed by atoms with E-state index in [4.69, 9.17) is 21.3 Å². The molecule has 136 valence electrons. The van der Waals surface area contributed by atoms with Gasteiger partial charge in [0.15, 0.2) is 5.82 Å². The third-order valence-electron chi connectivity index (χ3n) is 4.38. The molecule has 0 saturated heterocycles. The lowest BCUT2D eigenvalue weighted by molar-refractivity contribution is -0.142. The summed E-state index contributed by atoms with van der Waals surface area (Å²) in [6, 6.07) is 7.99. The van der Waals surface area contributed by atoms with Crippen molar-refractivity contribution >= 4 is 28.6 Å². The summed E-state index contributed by atoms with van der Waals surface area (Å²) >= 11 is 6.33. The fourth-order valence-corrected chi connectivity index (χ4v) is 3.05. The van der Waals surface area contributed by atoms with Gasteiger partial charge in [0, 0.05) is 25.7 Å². The van der Waals surface area contributed by atoms with Gasteiger partial charge in [0.2, 0.25) is 0 Å². The predicted octanol–water partition coefficient (Wildman–Crippen LogP) is 4.65. The van der Waals surface area contributed by atoms with Crippen LogP contribution in [0.25, 0.3) is 22.6 Å². The molecular weight excluding hydrogens is 350 g/mol. The van der Waals surface area contributed by atoms with Crippen LogP contribution in [0.4, 0.5) is 0 Å². The predicted molar refractivity (Wildman–Crippen MR) is 103 cm³/mol. The zero-order valence-corrected chi connectivity index (χ0v) is 16.4. The number of ether oxygens (including phenoxy) is 1. The third-order valence-corrected chi connectivity index (χ3v) is 4.73. The Morgan fingerprint density at radius 2 is 2.00 bits per heavy atom. The Labute approximate surface area is 158 Å². The van der Waals surface area contributed by atoms with Crippen LogP contribution in [0.2, 0.25) is 5.02 Å². The molecule has 26 heavy (non-hydrogen) atoms. The standard InChI is InChI=1S/C20H22ClN3O2/c1-12(25)26-11-14-15(21)8-9-22-18(14)19-23-16-10-13(20(2,3)4)6-7-17(16)24(19)5/h6-10H,11H2,1-5H3. The second-order valence-corrected chi connectivity index (χ2v) is 7.76. The van der Waals surface area contributed by atoms with Crippen molar-refractivity contribution in [3.63, 3.8) is 0 Å². The molecule has 0 aliphatic heterocycles. The van der Waals surface area contributed by atoms with E-state index in [1.165, 1.54) is 12.5 Å². The van der Waals surface area contributed by atoms with Gasteiger partial charge in [-0.2, -0.15) is 0 Å². The van der Waals surface area contributed by atoms with Gasteiger partial charge in [0.1, 0.15) is 12.3 Å². The van der Waals surface area contributed by atoms with Gasteiger partial charge in [0.05, 0.1) is 16.1 Å². The average Bonchev–Trinajstić information content (AvgIpc) is 2.89. The van der Waals surface area contributed by atoms with Crippen LogP contribution >= 0.6 is 11.6 Å². The minimum atomic E-state index is -0.365. The molecule has 0 N–H and O–H groups in total. The highest BCUT2D eigenvalue weighted by atomic mass is 35.5. The number of imidazole rings is 1. The first-order chi connectivity index (χ1) is 12.2. The van der Waals surface area contributed by atoms with Gasteiger partial charge in [-0.1, -0.05) is 38.4 Å². The molecule has 3 rings (SSSR count). The molecule has 0 atom stereocenters.